The van der Waals surface area contributed by atoms with Crippen molar-refractivity contribution in [2.24, 2.45) is 0 Å². The Kier molecular flexibility index (Phi) is 6.56. The topological polar surface area (TPSA) is 61.8 Å². The van der Waals surface area contributed by atoms with E-state index in [1.165, 1.54) is 0 Å². The summed E-state index contributed by atoms with van der Waals surface area (Å²) in [4.78, 5) is 3.76. The molecule has 0 aliphatic rings. The van der Waals surface area contributed by atoms with Gasteiger partial charge in [0.1, 0.15) is 0 Å². The van der Waals surface area contributed by atoms with Crippen LogP contribution in [0, 0.1) is 29.2 Å². The first-order chi connectivity index (χ1) is 24.7. The molecule has 0 radical (unpaired) electrons. The van der Waals surface area contributed by atoms with Crippen LogP contribution < -0.4 is 0 Å². The van der Waals surface area contributed by atoms with Crippen molar-refractivity contribution in [1.29, 1.82) is 10.5 Å². The van der Waals surface area contributed by atoms with Gasteiger partial charge in [-0.05, 0) is 71.8 Å². The summed E-state index contributed by atoms with van der Waals surface area (Å²) in [5, 5.41) is 24.4. The standard InChI is InChI=1S/C45H25N5/c1-48-33-18-22-39(45(26-33)50-42-12-6-2-8-36(42)37-9-3-7-13-43(37)50)35-21-17-31(25-32(35)28-47)30-15-19-34(20-16-30)49-41-11-5-4-10-38(41)40-24-29(27-46)14-23-44(40)49/h2-26H. The van der Waals surface area contributed by atoms with Gasteiger partial charge in [-0.15, -0.1) is 0 Å². The second-order valence-corrected chi connectivity index (χ2v) is 12.3. The van der Waals surface area contributed by atoms with Crippen LogP contribution in [0.1, 0.15) is 11.1 Å². The van der Waals surface area contributed by atoms with E-state index in [0.29, 0.717) is 16.8 Å². The number of nitriles is 2. The molecule has 50 heavy (non-hydrogen) atoms. The van der Waals surface area contributed by atoms with E-state index in [9.17, 15) is 10.5 Å². The molecule has 0 fully saturated rings. The number of rotatable bonds is 4. The summed E-state index contributed by atoms with van der Waals surface area (Å²) in [5.41, 5.74) is 11.4. The van der Waals surface area contributed by atoms with Crippen LogP contribution in [0.2, 0.25) is 0 Å². The highest BCUT2D eigenvalue weighted by Gasteiger charge is 2.19. The van der Waals surface area contributed by atoms with Gasteiger partial charge in [-0.2, -0.15) is 10.5 Å². The molecule has 0 saturated carbocycles. The molecule has 0 atom stereocenters. The fourth-order valence-electron chi connectivity index (χ4n) is 7.36. The number of fused-ring (bicyclic) bond motifs is 6. The minimum Gasteiger partial charge on any atom is -0.310 e. The van der Waals surface area contributed by atoms with Gasteiger partial charge in [0.15, 0.2) is 5.69 Å². The van der Waals surface area contributed by atoms with E-state index in [1.54, 1.807) is 0 Å². The fraction of sp³-hybridized carbons (Fsp3) is 0. The first kappa shape index (κ1) is 28.8. The van der Waals surface area contributed by atoms with Crippen LogP contribution in [-0.2, 0) is 0 Å². The van der Waals surface area contributed by atoms with Crippen molar-refractivity contribution in [1.82, 2.24) is 9.13 Å². The Morgan fingerprint density at radius 3 is 1.70 bits per heavy atom. The molecule has 5 heteroatoms. The molecule has 0 unspecified atom stereocenters. The van der Waals surface area contributed by atoms with Crippen molar-refractivity contribution in [3.05, 3.63) is 174 Å². The Labute approximate surface area is 288 Å². The lowest BCUT2D eigenvalue weighted by atomic mass is 9.94. The van der Waals surface area contributed by atoms with E-state index in [4.69, 9.17) is 6.57 Å². The molecule has 0 N–H and O–H groups in total. The van der Waals surface area contributed by atoms with Crippen LogP contribution >= 0.6 is 0 Å². The van der Waals surface area contributed by atoms with Crippen LogP contribution in [0.4, 0.5) is 5.69 Å². The number of para-hydroxylation sites is 3. The number of benzene rings is 7. The van der Waals surface area contributed by atoms with Gasteiger partial charge in [0.05, 0.1) is 51.9 Å². The number of hydrogen-bond acceptors (Lipinski definition) is 2. The Bertz CT molecular complexity index is 2900. The molecule has 9 rings (SSSR count). The molecule has 0 aliphatic heterocycles. The van der Waals surface area contributed by atoms with E-state index < -0.39 is 0 Å². The van der Waals surface area contributed by atoms with Crippen LogP contribution in [0.15, 0.2) is 152 Å². The summed E-state index contributed by atoms with van der Waals surface area (Å²) < 4.78 is 4.43. The summed E-state index contributed by atoms with van der Waals surface area (Å²) in [6.07, 6.45) is 0. The highest BCUT2D eigenvalue weighted by Crippen LogP contribution is 2.40. The third-order valence-electron chi connectivity index (χ3n) is 9.62. The molecule has 0 amide bonds. The molecule has 9 aromatic rings. The zero-order valence-corrected chi connectivity index (χ0v) is 26.7. The molecule has 5 nitrogen and oxygen atoms in total. The van der Waals surface area contributed by atoms with Gasteiger partial charge in [0.2, 0.25) is 0 Å². The van der Waals surface area contributed by atoms with Crippen LogP contribution in [0.3, 0.4) is 0 Å². The van der Waals surface area contributed by atoms with Gasteiger partial charge < -0.3 is 9.13 Å². The molecule has 230 valence electrons. The van der Waals surface area contributed by atoms with E-state index >= 15 is 0 Å². The second-order valence-electron chi connectivity index (χ2n) is 12.3. The third kappa shape index (κ3) is 4.38. The second kappa shape index (κ2) is 11.4. The predicted molar refractivity (Wildman–Crippen MR) is 202 cm³/mol. The minimum atomic E-state index is 0.537. The molecular weight excluding hydrogens is 611 g/mol. The first-order valence-corrected chi connectivity index (χ1v) is 16.3. The molecule has 2 aromatic heterocycles. The average molecular weight is 636 g/mol. The summed E-state index contributed by atoms with van der Waals surface area (Å²) in [6, 6.07) is 55.5. The van der Waals surface area contributed by atoms with Crippen LogP contribution in [0.25, 0.3) is 82.1 Å². The van der Waals surface area contributed by atoms with Gasteiger partial charge >= 0.3 is 0 Å². The van der Waals surface area contributed by atoms with Gasteiger partial charge in [-0.1, -0.05) is 91.0 Å². The van der Waals surface area contributed by atoms with E-state index in [0.717, 1.165) is 77.2 Å². The molecule has 2 heterocycles. The van der Waals surface area contributed by atoms with Gasteiger partial charge in [-0.25, -0.2) is 4.85 Å². The molecule has 0 bridgehead atoms. The molecular formula is C45H25N5. The number of hydrogen-bond donors (Lipinski definition) is 0. The van der Waals surface area contributed by atoms with Gasteiger partial charge in [0, 0.05) is 44.0 Å². The van der Waals surface area contributed by atoms with Crippen molar-refractivity contribution >= 4 is 49.3 Å². The van der Waals surface area contributed by atoms with Crippen molar-refractivity contribution in [2.45, 2.75) is 0 Å². The summed E-state index contributed by atoms with van der Waals surface area (Å²) in [6.45, 7) is 7.78. The minimum absolute atomic E-state index is 0.537. The molecule has 7 aromatic carbocycles. The summed E-state index contributed by atoms with van der Waals surface area (Å²) >= 11 is 0. The van der Waals surface area contributed by atoms with Crippen molar-refractivity contribution in [3.8, 4) is 45.8 Å². The Morgan fingerprint density at radius 2 is 1.06 bits per heavy atom. The van der Waals surface area contributed by atoms with Gasteiger partial charge in [-0.3, -0.25) is 0 Å². The highest BCUT2D eigenvalue weighted by atomic mass is 15.0. The molecule has 0 aliphatic carbocycles. The van der Waals surface area contributed by atoms with E-state index in [2.05, 4.69) is 92.8 Å². The lowest BCUT2D eigenvalue weighted by Gasteiger charge is -2.16. The van der Waals surface area contributed by atoms with Crippen LogP contribution in [-0.4, -0.2) is 9.13 Å². The van der Waals surface area contributed by atoms with Crippen LogP contribution in [0.5, 0.6) is 0 Å². The highest BCUT2D eigenvalue weighted by molar-refractivity contribution is 6.11. The van der Waals surface area contributed by atoms with E-state index in [-0.39, 0.29) is 0 Å². The quantitative estimate of drug-likeness (QED) is 0.181. The van der Waals surface area contributed by atoms with Crippen molar-refractivity contribution < 1.29 is 0 Å². The fourth-order valence-corrected chi connectivity index (χ4v) is 7.36. The Balaban J connectivity index is 1.16. The maximum Gasteiger partial charge on any atom is 0.189 e. The first-order valence-electron chi connectivity index (χ1n) is 16.3. The maximum atomic E-state index is 10.5. The SMILES string of the molecule is [C-]#[N+]c1ccc(-c2ccc(-c3ccc(-n4c5ccccc5c5cc(C#N)ccc54)cc3)cc2C#N)c(-n2c3ccccc3c3ccccc32)c1. The monoisotopic (exact) mass is 635 g/mol. The van der Waals surface area contributed by atoms with Crippen molar-refractivity contribution in [2.75, 3.05) is 0 Å². The molecule has 0 spiro atoms. The van der Waals surface area contributed by atoms with E-state index in [1.807, 2.05) is 84.9 Å². The summed E-state index contributed by atoms with van der Waals surface area (Å²) in [5.74, 6) is 0. The lowest BCUT2D eigenvalue weighted by Crippen LogP contribution is -1.98. The third-order valence-corrected chi connectivity index (χ3v) is 9.62. The zero-order chi connectivity index (χ0) is 33.8. The average Bonchev–Trinajstić information content (AvgIpc) is 3.70. The maximum absolute atomic E-state index is 10.5. The van der Waals surface area contributed by atoms with Gasteiger partial charge in [0.25, 0.3) is 0 Å². The Morgan fingerprint density at radius 1 is 0.480 bits per heavy atom. The Hall–Kier alpha value is -7.39. The smallest absolute Gasteiger partial charge is 0.189 e. The van der Waals surface area contributed by atoms with Crippen molar-refractivity contribution in [3.63, 3.8) is 0 Å². The largest absolute Gasteiger partial charge is 0.310 e. The number of aromatic nitrogens is 2. The number of nitrogens with zero attached hydrogens (tertiary/aromatic N) is 5. The predicted octanol–water partition coefficient (Wildman–Crippen LogP) is 11.5. The zero-order valence-electron chi connectivity index (χ0n) is 26.7. The lowest BCUT2D eigenvalue weighted by molar-refractivity contribution is 1.18. The molecule has 0 saturated heterocycles. The normalized spacial score (nSPS) is 11.1. The summed E-state index contributed by atoms with van der Waals surface area (Å²) in [7, 11) is 0.